The van der Waals surface area contributed by atoms with Crippen LogP contribution in [0.2, 0.25) is 0 Å². The van der Waals surface area contributed by atoms with E-state index in [1.807, 2.05) is 6.07 Å². The van der Waals surface area contributed by atoms with Crippen molar-refractivity contribution in [3.05, 3.63) is 54.6 Å². The van der Waals surface area contributed by atoms with E-state index in [1.54, 1.807) is 13.2 Å². The van der Waals surface area contributed by atoms with Gasteiger partial charge in [-0.25, -0.2) is 0 Å². The van der Waals surface area contributed by atoms with Crippen LogP contribution in [0.4, 0.5) is 0 Å². The Labute approximate surface area is 125 Å². The zero-order chi connectivity index (χ0) is 15.1. The predicted molar refractivity (Wildman–Crippen MR) is 86.6 cm³/mol. The molecule has 0 fully saturated rings. The van der Waals surface area contributed by atoms with Crippen molar-refractivity contribution in [2.24, 2.45) is 0 Å². The van der Waals surface area contributed by atoms with Gasteiger partial charge in [0, 0.05) is 13.0 Å². The summed E-state index contributed by atoms with van der Waals surface area (Å²) < 4.78 is 5.29. The van der Waals surface area contributed by atoms with Crippen LogP contribution in [-0.2, 0) is 11.2 Å². The second-order valence-electron chi connectivity index (χ2n) is 4.95. The summed E-state index contributed by atoms with van der Waals surface area (Å²) in [6, 6.07) is 12.4. The average Bonchev–Trinajstić information content (AvgIpc) is 2.51. The molecule has 21 heavy (non-hydrogen) atoms. The van der Waals surface area contributed by atoms with Gasteiger partial charge in [-0.1, -0.05) is 30.3 Å². The number of carbonyl (C=O) groups is 1. The van der Waals surface area contributed by atoms with E-state index in [-0.39, 0.29) is 5.91 Å². The molecule has 1 N–H and O–H groups in total. The van der Waals surface area contributed by atoms with Crippen molar-refractivity contribution in [3.8, 4) is 5.75 Å². The molecule has 110 valence electrons. The van der Waals surface area contributed by atoms with E-state index in [1.165, 1.54) is 16.3 Å². The van der Waals surface area contributed by atoms with Crippen LogP contribution >= 0.6 is 0 Å². The normalized spacial score (nSPS) is 10.3. The van der Waals surface area contributed by atoms with E-state index in [9.17, 15) is 4.79 Å². The number of aryl methyl sites for hydroxylation is 1. The van der Waals surface area contributed by atoms with E-state index >= 15 is 0 Å². The third-order valence-electron chi connectivity index (χ3n) is 3.45. The number of amides is 1. The molecule has 0 aliphatic carbocycles. The number of methoxy groups -OCH3 is 1. The molecule has 3 nitrogen and oxygen atoms in total. The van der Waals surface area contributed by atoms with Gasteiger partial charge in [-0.15, -0.1) is 6.58 Å². The summed E-state index contributed by atoms with van der Waals surface area (Å²) in [4.78, 5) is 11.4. The van der Waals surface area contributed by atoms with Crippen molar-refractivity contribution >= 4 is 16.7 Å². The fourth-order valence-electron chi connectivity index (χ4n) is 2.37. The summed E-state index contributed by atoms with van der Waals surface area (Å²) in [6.07, 6.45) is 3.84. The summed E-state index contributed by atoms with van der Waals surface area (Å²) in [5, 5.41) is 5.32. The lowest BCUT2D eigenvalue weighted by Gasteiger charge is -2.09. The molecule has 0 radical (unpaired) electrons. The Morgan fingerprint density at radius 1 is 1.33 bits per heavy atom. The molecular formula is C18H21NO2. The lowest BCUT2D eigenvalue weighted by molar-refractivity contribution is -0.120. The van der Waals surface area contributed by atoms with Gasteiger partial charge >= 0.3 is 0 Å². The molecule has 0 unspecified atom stereocenters. The Hall–Kier alpha value is -2.29. The number of hydrogen-bond acceptors (Lipinski definition) is 2. The molecule has 2 rings (SSSR count). The highest BCUT2D eigenvalue weighted by Crippen LogP contribution is 2.24. The maximum atomic E-state index is 11.4. The van der Waals surface area contributed by atoms with Crippen LogP contribution in [0.3, 0.4) is 0 Å². The summed E-state index contributed by atoms with van der Waals surface area (Å²) in [6.45, 7) is 4.24. The first-order valence-electron chi connectivity index (χ1n) is 7.18. The highest BCUT2D eigenvalue weighted by Gasteiger charge is 2.03. The standard InChI is InChI=1S/C18H21NO2/c1-3-6-18(20)19-12-5-9-14-7-4-8-15-10-11-16(21-2)13-17(14)15/h3-4,7-8,10-11,13H,1,5-6,9,12H2,2H3,(H,19,20). The van der Waals surface area contributed by atoms with Crippen molar-refractivity contribution in [2.75, 3.05) is 13.7 Å². The third-order valence-corrected chi connectivity index (χ3v) is 3.45. The minimum absolute atomic E-state index is 0.0320. The molecule has 2 aromatic rings. The Balaban J connectivity index is 2.01. The van der Waals surface area contributed by atoms with Gasteiger partial charge in [0.2, 0.25) is 5.91 Å². The van der Waals surface area contributed by atoms with Crippen LogP contribution in [0.15, 0.2) is 49.1 Å². The lowest BCUT2D eigenvalue weighted by Crippen LogP contribution is -2.23. The van der Waals surface area contributed by atoms with E-state index in [0.29, 0.717) is 13.0 Å². The molecule has 2 aromatic carbocycles. The predicted octanol–water partition coefficient (Wildman–Crippen LogP) is 3.47. The van der Waals surface area contributed by atoms with E-state index in [2.05, 4.69) is 42.2 Å². The molecule has 0 saturated heterocycles. The molecule has 0 spiro atoms. The second-order valence-corrected chi connectivity index (χ2v) is 4.95. The van der Waals surface area contributed by atoms with Crippen molar-refractivity contribution in [2.45, 2.75) is 19.3 Å². The van der Waals surface area contributed by atoms with Gasteiger partial charge in [0.05, 0.1) is 7.11 Å². The fraction of sp³-hybridized carbons (Fsp3) is 0.278. The van der Waals surface area contributed by atoms with Gasteiger partial charge in [0.15, 0.2) is 0 Å². The van der Waals surface area contributed by atoms with Crippen LogP contribution in [0.5, 0.6) is 5.75 Å². The van der Waals surface area contributed by atoms with Crippen LogP contribution < -0.4 is 10.1 Å². The maximum Gasteiger partial charge on any atom is 0.223 e. The number of carbonyl (C=O) groups excluding carboxylic acids is 1. The summed E-state index contributed by atoms with van der Waals surface area (Å²) in [5.41, 5.74) is 1.28. The molecule has 3 heteroatoms. The number of ether oxygens (including phenoxy) is 1. The third kappa shape index (κ3) is 4.09. The lowest BCUT2D eigenvalue weighted by atomic mass is 10.0. The molecule has 0 saturated carbocycles. The number of nitrogens with one attached hydrogen (secondary N) is 1. The highest BCUT2D eigenvalue weighted by atomic mass is 16.5. The van der Waals surface area contributed by atoms with Gasteiger partial charge in [-0.05, 0) is 41.3 Å². The zero-order valence-corrected chi connectivity index (χ0v) is 12.4. The number of benzene rings is 2. The van der Waals surface area contributed by atoms with Gasteiger partial charge in [-0.3, -0.25) is 4.79 Å². The summed E-state index contributed by atoms with van der Waals surface area (Å²) in [5.74, 6) is 0.902. The Morgan fingerprint density at radius 3 is 2.95 bits per heavy atom. The summed E-state index contributed by atoms with van der Waals surface area (Å²) >= 11 is 0. The first kappa shape index (κ1) is 15.1. The second kappa shape index (κ2) is 7.48. The SMILES string of the molecule is C=CCC(=O)NCCCc1cccc2ccc(OC)cc12. The first-order valence-corrected chi connectivity index (χ1v) is 7.18. The molecule has 1 amide bonds. The summed E-state index contributed by atoms with van der Waals surface area (Å²) in [7, 11) is 1.68. The Bertz CT molecular complexity index is 634. The van der Waals surface area contributed by atoms with Gasteiger partial charge in [0.1, 0.15) is 5.75 Å². The topological polar surface area (TPSA) is 38.3 Å². The van der Waals surface area contributed by atoms with Crippen molar-refractivity contribution in [3.63, 3.8) is 0 Å². The molecule has 0 heterocycles. The quantitative estimate of drug-likeness (QED) is 0.624. The van der Waals surface area contributed by atoms with Crippen LogP contribution in [0.1, 0.15) is 18.4 Å². The number of rotatable bonds is 7. The minimum Gasteiger partial charge on any atom is -0.497 e. The number of hydrogen-bond donors (Lipinski definition) is 1. The molecule has 0 aromatic heterocycles. The van der Waals surface area contributed by atoms with E-state index in [4.69, 9.17) is 4.74 Å². The molecule has 0 atom stereocenters. The highest BCUT2D eigenvalue weighted by molar-refractivity contribution is 5.87. The Kier molecular flexibility index (Phi) is 5.38. The Morgan fingerprint density at radius 2 is 2.19 bits per heavy atom. The molecule has 0 aliphatic rings. The van der Waals surface area contributed by atoms with Crippen LogP contribution in [0.25, 0.3) is 10.8 Å². The average molecular weight is 283 g/mol. The van der Waals surface area contributed by atoms with E-state index < -0.39 is 0 Å². The smallest absolute Gasteiger partial charge is 0.223 e. The molecule has 0 bridgehead atoms. The fourth-order valence-corrected chi connectivity index (χ4v) is 2.37. The monoisotopic (exact) mass is 283 g/mol. The van der Waals surface area contributed by atoms with Crippen molar-refractivity contribution in [1.29, 1.82) is 0 Å². The van der Waals surface area contributed by atoms with Crippen LogP contribution in [-0.4, -0.2) is 19.6 Å². The number of fused-ring (bicyclic) bond motifs is 1. The van der Waals surface area contributed by atoms with Crippen molar-refractivity contribution in [1.82, 2.24) is 5.32 Å². The van der Waals surface area contributed by atoms with Gasteiger partial charge < -0.3 is 10.1 Å². The molecular weight excluding hydrogens is 262 g/mol. The maximum absolute atomic E-state index is 11.4. The zero-order valence-electron chi connectivity index (χ0n) is 12.4. The van der Waals surface area contributed by atoms with Crippen LogP contribution in [0, 0.1) is 0 Å². The molecule has 0 aliphatic heterocycles. The van der Waals surface area contributed by atoms with Gasteiger partial charge in [0.25, 0.3) is 0 Å². The largest absolute Gasteiger partial charge is 0.497 e. The first-order chi connectivity index (χ1) is 10.2. The van der Waals surface area contributed by atoms with Gasteiger partial charge in [-0.2, -0.15) is 0 Å². The minimum atomic E-state index is 0.0320. The van der Waals surface area contributed by atoms with Crippen molar-refractivity contribution < 1.29 is 9.53 Å². The van der Waals surface area contributed by atoms with E-state index in [0.717, 1.165) is 18.6 Å².